The van der Waals surface area contributed by atoms with Gasteiger partial charge in [0.25, 0.3) is 5.91 Å². The number of halogens is 1. The van der Waals surface area contributed by atoms with E-state index in [1.807, 2.05) is 36.1 Å². The predicted molar refractivity (Wildman–Crippen MR) is 102 cm³/mol. The van der Waals surface area contributed by atoms with Crippen LogP contribution in [0, 0.1) is 6.92 Å². The van der Waals surface area contributed by atoms with E-state index in [9.17, 15) is 4.79 Å². The number of hydrogen-bond donors (Lipinski definition) is 0. The van der Waals surface area contributed by atoms with Crippen molar-refractivity contribution in [2.45, 2.75) is 32.4 Å². The van der Waals surface area contributed by atoms with Gasteiger partial charge in [-0.2, -0.15) is 0 Å². The number of rotatable bonds is 5. The summed E-state index contributed by atoms with van der Waals surface area (Å²) in [5, 5.41) is 0.859. The third kappa shape index (κ3) is 3.61. The lowest BCUT2D eigenvalue weighted by Gasteiger charge is -2.22. The highest BCUT2D eigenvalue weighted by Crippen LogP contribution is 2.37. The normalized spacial score (nSPS) is 13.8. The molecule has 128 valence electrons. The van der Waals surface area contributed by atoms with Gasteiger partial charge in [0.2, 0.25) is 0 Å². The molecule has 0 spiro atoms. The standard InChI is InChI=1S/C18H16ClN3OS2/c1-11-16(25-17(21-11)14-4-5-15(19)24-14)18(23)22(13-2-3-13)10-12-6-8-20-9-7-12/h4-9,13H,2-3,10H2,1H3. The molecule has 1 amide bonds. The van der Waals surface area contributed by atoms with E-state index in [0.29, 0.717) is 12.6 Å². The fourth-order valence-corrected chi connectivity index (χ4v) is 4.82. The molecule has 0 unspecified atom stereocenters. The molecule has 0 saturated heterocycles. The fraction of sp³-hybridized carbons (Fsp3) is 0.278. The lowest BCUT2D eigenvalue weighted by Crippen LogP contribution is -2.32. The first-order chi connectivity index (χ1) is 12.1. The Balaban J connectivity index is 1.61. The van der Waals surface area contributed by atoms with Crippen LogP contribution in [0.25, 0.3) is 9.88 Å². The summed E-state index contributed by atoms with van der Waals surface area (Å²) in [6, 6.07) is 8.07. The van der Waals surface area contributed by atoms with E-state index in [-0.39, 0.29) is 5.91 Å². The first-order valence-electron chi connectivity index (χ1n) is 8.05. The third-order valence-corrected chi connectivity index (χ3v) is 6.67. The molecule has 0 radical (unpaired) electrons. The van der Waals surface area contributed by atoms with Gasteiger partial charge in [-0.3, -0.25) is 9.78 Å². The smallest absolute Gasteiger partial charge is 0.266 e. The van der Waals surface area contributed by atoms with Crippen LogP contribution in [0.15, 0.2) is 36.7 Å². The SMILES string of the molecule is Cc1nc(-c2ccc(Cl)s2)sc1C(=O)N(Cc1ccncc1)C1CC1. The molecule has 4 nitrogen and oxygen atoms in total. The molecule has 25 heavy (non-hydrogen) atoms. The second-order valence-corrected chi connectivity index (χ2v) is 8.77. The van der Waals surface area contributed by atoms with Gasteiger partial charge in [-0.05, 0) is 49.6 Å². The Morgan fingerprint density at radius 1 is 1.24 bits per heavy atom. The van der Waals surface area contributed by atoms with E-state index in [4.69, 9.17) is 11.6 Å². The first kappa shape index (κ1) is 16.7. The summed E-state index contributed by atoms with van der Waals surface area (Å²) < 4.78 is 0.730. The Hall–Kier alpha value is -1.76. The Morgan fingerprint density at radius 3 is 2.64 bits per heavy atom. The maximum Gasteiger partial charge on any atom is 0.266 e. The minimum Gasteiger partial charge on any atom is -0.331 e. The summed E-state index contributed by atoms with van der Waals surface area (Å²) >= 11 is 8.97. The van der Waals surface area contributed by atoms with E-state index in [0.717, 1.165) is 43.2 Å². The number of nitrogens with zero attached hydrogens (tertiary/aromatic N) is 3. The molecule has 0 bridgehead atoms. The molecule has 1 fully saturated rings. The van der Waals surface area contributed by atoms with Gasteiger partial charge in [-0.25, -0.2) is 4.98 Å². The van der Waals surface area contributed by atoms with Crippen molar-refractivity contribution in [3.05, 3.63) is 57.1 Å². The summed E-state index contributed by atoms with van der Waals surface area (Å²) in [7, 11) is 0. The number of carbonyl (C=O) groups excluding carboxylic acids is 1. The number of pyridine rings is 1. The topological polar surface area (TPSA) is 46.1 Å². The highest BCUT2D eigenvalue weighted by molar-refractivity contribution is 7.24. The molecule has 3 aromatic rings. The van der Waals surface area contributed by atoms with Gasteiger partial charge < -0.3 is 4.90 Å². The fourth-order valence-electron chi connectivity index (χ4n) is 2.70. The number of thiazole rings is 1. The van der Waals surface area contributed by atoms with Gasteiger partial charge in [0, 0.05) is 25.0 Å². The largest absolute Gasteiger partial charge is 0.331 e. The van der Waals surface area contributed by atoms with Crippen molar-refractivity contribution in [2.75, 3.05) is 0 Å². The zero-order chi connectivity index (χ0) is 17.4. The Morgan fingerprint density at radius 2 is 2.00 bits per heavy atom. The van der Waals surface area contributed by atoms with E-state index in [1.54, 1.807) is 12.4 Å². The molecule has 0 aliphatic heterocycles. The number of thiophene rings is 1. The maximum atomic E-state index is 13.2. The summed E-state index contributed by atoms with van der Waals surface area (Å²) in [6.07, 6.45) is 5.67. The van der Waals surface area contributed by atoms with Crippen molar-refractivity contribution in [2.24, 2.45) is 0 Å². The van der Waals surface area contributed by atoms with Gasteiger partial charge in [-0.15, -0.1) is 22.7 Å². The van der Waals surface area contributed by atoms with Crippen molar-refractivity contribution >= 4 is 40.2 Å². The summed E-state index contributed by atoms with van der Waals surface area (Å²) in [5.41, 5.74) is 1.89. The highest BCUT2D eigenvalue weighted by atomic mass is 35.5. The van der Waals surface area contributed by atoms with Gasteiger partial charge in [-0.1, -0.05) is 11.6 Å². The second-order valence-electron chi connectivity index (χ2n) is 6.06. The molecule has 4 rings (SSSR count). The van der Waals surface area contributed by atoms with Crippen LogP contribution in [0.3, 0.4) is 0 Å². The summed E-state index contributed by atoms with van der Waals surface area (Å²) in [5.74, 6) is 0.0724. The van der Waals surface area contributed by atoms with Crippen molar-refractivity contribution in [3.63, 3.8) is 0 Å². The molecule has 7 heteroatoms. The molecule has 3 heterocycles. The second kappa shape index (κ2) is 6.86. The molecular weight excluding hydrogens is 374 g/mol. The van der Waals surface area contributed by atoms with E-state index in [2.05, 4.69) is 9.97 Å². The van der Waals surface area contributed by atoms with Crippen molar-refractivity contribution in [1.82, 2.24) is 14.9 Å². The average molecular weight is 390 g/mol. The van der Waals surface area contributed by atoms with Crippen LogP contribution in [0.1, 0.15) is 33.8 Å². The zero-order valence-electron chi connectivity index (χ0n) is 13.6. The van der Waals surface area contributed by atoms with E-state index in [1.165, 1.54) is 22.7 Å². The Kier molecular flexibility index (Phi) is 4.58. The van der Waals surface area contributed by atoms with Crippen molar-refractivity contribution in [3.8, 4) is 9.88 Å². The Labute approximate surface area is 159 Å². The van der Waals surface area contributed by atoms with Gasteiger partial charge in [0.05, 0.1) is 14.9 Å². The minimum atomic E-state index is 0.0724. The number of carbonyl (C=O) groups is 1. The molecule has 1 saturated carbocycles. The number of aryl methyl sites for hydroxylation is 1. The van der Waals surface area contributed by atoms with Gasteiger partial charge in [0.1, 0.15) is 9.88 Å². The highest BCUT2D eigenvalue weighted by Gasteiger charge is 2.34. The maximum absolute atomic E-state index is 13.2. The minimum absolute atomic E-state index is 0.0724. The Bertz CT molecular complexity index is 902. The lowest BCUT2D eigenvalue weighted by molar-refractivity contribution is 0.0734. The van der Waals surface area contributed by atoms with Crippen LogP contribution >= 0.6 is 34.3 Å². The molecule has 3 aromatic heterocycles. The van der Waals surface area contributed by atoms with Crippen LogP contribution in [-0.4, -0.2) is 26.8 Å². The zero-order valence-corrected chi connectivity index (χ0v) is 16.0. The van der Waals surface area contributed by atoms with Crippen LogP contribution < -0.4 is 0 Å². The average Bonchev–Trinajstić information content (AvgIpc) is 3.25. The monoisotopic (exact) mass is 389 g/mol. The van der Waals surface area contributed by atoms with Gasteiger partial charge in [0.15, 0.2) is 0 Å². The molecule has 0 aromatic carbocycles. The summed E-state index contributed by atoms with van der Waals surface area (Å²) in [4.78, 5) is 25.5. The number of amides is 1. The lowest BCUT2D eigenvalue weighted by atomic mass is 10.2. The molecule has 1 aliphatic rings. The van der Waals surface area contributed by atoms with E-state index >= 15 is 0 Å². The third-order valence-electron chi connectivity index (χ3n) is 4.13. The van der Waals surface area contributed by atoms with Crippen LogP contribution in [-0.2, 0) is 6.54 Å². The first-order valence-corrected chi connectivity index (χ1v) is 10.1. The van der Waals surface area contributed by atoms with Crippen LogP contribution in [0.2, 0.25) is 4.34 Å². The van der Waals surface area contributed by atoms with Crippen LogP contribution in [0.5, 0.6) is 0 Å². The quantitative estimate of drug-likeness (QED) is 0.614. The number of aromatic nitrogens is 2. The molecular formula is C18H16ClN3OS2. The molecule has 0 atom stereocenters. The molecule has 0 N–H and O–H groups in total. The molecule has 1 aliphatic carbocycles. The van der Waals surface area contributed by atoms with Crippen LogP contribution in [0.4, 0.5) is 0 Å². The van der Waals surface area contributed by atoms with E-state index < -0.39 is 0 Å². The predicted octanol–water partition coefficient (Wildman–Crippen LogP) is 5.03. The van der Waals surface area contributed by atoms with Gasteiger partial charge >= 0.3 is 0 Å². The number of hydrogen-bond acceptors (Lipinski definition) is 5. The van der Waals surface area contributed by atoms with Crippen molar-refractivity contribution < 1.29 is 4.79 Å². The van der Waals surface area contributed by atoms with Crippen molar-refractivity contribution in [1.29, 1.82) is 0 Å². The summed E-state index contributed by atoms with van der Waals surface area (Å²) in [6.45, 7) is 2.52.